The van der Waals surface area contributed by atoms with Crippen molar-refractivity contribution in [2.75, 3.05) is 19.8 Å². The van der Waals surface area contributed by atoms with Crippen LogP contribution in [0, 0.1) is 28.6 Å². The first-order chi connectivity index (χ1) is 16.0. The number of hydrogen-bond acceptors (Lipinski definition) is 8. The maximum absolute atomic E-state index is 11.0. The van der Waals surface area contributed by atoms with Crippen LogP contribution in [0.25, 0.3) is 0 Å². The zero-order valence-corrected chi connectivity index (χ0v) is 21.0. The minimum Gasteiger partial charge on any atom is -0.396 e. The molecule has 0 aromatic carbocycles. The Bertz CT molecular complexity index is 686. The lowest BCUT2D eigenvalue weighted by Gasteiger charge is -2.60. The summed E-state index contributed by atoms with van der Waals surface area (Å²) in [4.78, 5) is 0. The Morgan fingerprint density at radius 1 is 1.06 bits per heavy atom. The summed E-state index contributed by atoms with van der Waals surface area (Å²) in [6, 6.07) is 0. The van der Waals surface area contributed by atoms with E-state index < -0.39 is 43.4 Å². The summed E-state index contributed by atoms with van der Waals surface area (Å²) in [7, 11) is 0. The minimum atomic E-state index is -1.44. The Hall–Kier alpha value is -0.580. The highest BCUT2D eigenvalue weighted by molar-refractivity contribution is 5.19. The lowest BCUT2D eigenvalue weighted by atomic mass is 9.46. The fourth-order valence-corrected chi connectivity index (χ4v) is 7.17. The van der Waals surface area contributed by atoms with E-state index in [2.05, 4.69) is 27.4 Å². The first-order valence-electron chi connectivity index (χ1n) is 12.9. The molecule has 0 unspecified atom stereocenters. The van der Waals surface area contributed by atoms with Gasteiger partial charge in [-0.1, -0.05) is 45.8 Å². The summed E-state index contributed by atoms with van der Waals surface area (Å²) < 4.78 is 11.1. The first kappa shape index (κ1) is 28.0. The molecule has 1 saturated heterocycles. The number of fused-ring (bicyclic) bond motifs is 1. The number of aliphatic hydroxyl groups is 6. The van der Waals surface area contributed by atoms with Crippen molar-refractivity contribution in [3.63, 3.8) is 0 Å². The quantitative estimate of drug-likeness (QED) is 0.269. The molecular formula is C26H46O8. The van der Waals surface area contributed by atoms with E-state index in [0.717, 1.165) is 44.1 Å². The van der Waals surface area contributed by atoms with Gasteiger partial charge < -0.3 is 40.1 Å². The molecule has 0 amide bonds. The molecule has 0 aromatic heterocycles. The van der Waals surface area contributed by atoms with Gasteiger partial charge in [0.15, 0.2) is 6.29 Å². The van der Waals surface area contributed by atoms with Crippen LogP contribution in [-0.4, -0.2) is 87.3 Å². The summed E-state index contributed by atoms with van der Waals surface area (Å²) in [5.74, 6) is 0.680. The van der Waals surface area contributed by atoms with Crippen LogP contribution in [0.3, 0.4) is 0 Å². The second-order valence-electron chi connectivity index (χ2n) is 11.7. The molecular weight excluding hydrogens is 440 g/mol. The molecule has 0 aromatic rings. The van der Waals surface area contributed by atoms with Crippen molar-refractivity contribution < 1.29 is 40.1 Å². The van der Waals surface area contributed by atoms with Crippen molar-refractivity contribution in [3.8, 4) is 0 Å². The van der Waals surface area contributed by atoms with Gasteiger partial charge in [-0.15, -0.1) is 0 Å². The molecule has 198 valence electrons. The molecule has 0 spiro atoms. The summed E-state index contributed by atoms with van der Waals surface area (Å²) >= 11 is 0. The van der Waals surface area contributed by atoms with Crippen LogP contribution >= 0.6 is 0 Å². The highest BCUT2D eigenvalue weighted by Gasteiger charge is 2.57. The molecule has 8 heteroatoms. The predicted molar refractivity (Wildman–Crippen MR) is 127 cm³/mol. The largest absolute Gasteiger partial charge is 0.396 e. The SMILES string of the molecule is C=C1C[C@H](O)[C@H]2[C@@](C)(CO)CCC[C@]2(C)[C@H]1CC[C@H](C)CCO[C@@H]1O[C@H](CO)[C@@H](O)[C@H](O)[C@H]1O. The Balaban J connectivity index is 1.54. The van der Waals surface area contributed by atoms with E-state index in [-0.39, 0.29) is 23.4 Å². The number of rotatable bonds is 9. The maximum Gasteiger partial charge on any atom is 0.186 e. The summed E-state index contributed by atoms with van der Waals surface area (Å²) in [5, 5.41) is 60.4. The average molecular weight is 487 g/mol. The molecule has 6 N–H and O–H groups in total. The number of hydrogen-bond donors (Lipinski definition) is 6. The molecule has 3 aliphatic rings. The molecule has 2 saturated carbocycles. The van der Waals surface area contributed by atoms with E-state index >= 15 is 0 Å². The highest BCUT2D eigenvalue weighted by Crippen LogP contribution is 2.61. The van der Waals surface area contributed by atoms with Crippen LogP contribution in [0.1, 0.15) is 65.7 Å². The Morgan fingerprint density at radius 3 is 2.41 bits per heavy atom. The van der Waals surface area contributed by atoms with E-state index in [1.54, 1.807) is 0 Å². The van der Waals surface area contributed by atoms with Crippen LogP contribution < -0.4 is 0 Å². The standard InChI is InChI=1S/C26H46O8/c1-15(8-11-33-24-22(32)21(31)20(30)19(13-27)34-24)6-7-17-16(2)12-18(29)23-25(3,14-28)9-5-10-26(17,23)4/h15,17-24,27-32H,2,5-14H2,1,3-4H3/t15-,17-,18-,19+,20+,21-,22+,23-,24+,25+,26+/m0/s1. The molecule has 1 aliphatic heterocycles. The van der Waals surface area contributed by atoms with Crippen molar-refractivity contribution in [2.45, 2.75) is 103 Å². The monoisotopic (exact) mass is 486 g/mol. The van der Waals surface area contributed by atoms with Gasteiger partial charge in [0.05, 0.1) is 19.3 Å². The van der Waals surface area contributed by atoms with Crippen LogP contribution in [0.4, 0.5) is 0 Å². The van der Waals surface area contributed by atoms with Crippen molar-refractivity contribution in [2.24, 2.45) is 28.6 Å². The minimum absolute atomic E-state index is 0.0547. The number of ether oxygens (including phenoxy) is 2. The molecule has 2 aliphatic carbocycles. The second kappa shape index (κ2) is 11.2. The van der Waals surface area contributed by atoms with Gasteiger partial charge in [-0.3, -0.25) is 0 Å². The lowest BCUT2D eigenvalue weighted by molar-refractivity contribution is -0.301. The fraction of sp³-hybridized carbons (Fsp3) is 0.923. The Labute approximate surface area is 203 Å². The summed E-state index contributed by atoms with van der Waals surface area (Å²) in [6.07, 6.45) is -0.490. The molecule has 0 bridgehead atoms. The predicted octanol–water partition coefficient (Wildman–Crippen LogP) is 1.35. The van der Waals surface area contributed by atoms with E-state index in [4.69, 9.17) is 9.47 Å². The Kier molecular flexibility index (Phi) is 9.24. The zero-order chi connectivity index (χ0) is 25.3. The van der Waals surface area contributed by atoms with E-state index in [0.29, 0.717) is 24.9 Å². The molecule has 1 heterocycles. The van der Waals surface area contributed by atoms with Crippen LogP contribution in [-0.2, 0) is 9.47 Å². The van der Waals surface area contributed by atoms with Gasteiger partial charge in [-0.05, 0) is 60.7 Å². The van der Waals surface area contributed by atoms with Crippen molar-refractivity contribution in [1.82, 2.24) is 0 Å². The third-order valence-electron chi connectivity index (χ3n) is 9.12. The Morgan fingerprint density at radius 2 is 1.76 bits per heavy atom. The van der Waals surface area contributed by atoms with E-state index in [1.807, 2.05) is 0 Å². The molecule has 8 nitrogen and oxygen atoms in total. The third kappa shape index (κ3) is 5.39. The van der Waals surface area contributed by atoms with Crippen LogP contribution in [0.15, 0.2) is 12.2 Å². The normalized spacial score (nSPS) is 46.2. The van der Waals surface area contributed by atoms with Gasteiger partial charge in [-0.2, -0.15) is 0 Å². The van der Waals surface area contributed by atoms with Crippen LogP contribution in [0.2, 0.25) is 0 Å². The summed E-state index contributed by atoms with van der Waals surface area (Å²) in [5.41, 5.74) is 0.756. The van der Waals surface area contributed by atoms with E-state index in [9.17, 15) is 30.6 Å². The topological polar surface area (TPSA) is 140 Å². The smallest absolute Gasteiger partial charge is 0.186 e. The molecule has 3 rings (SSSR count). The molecule has 0 radical (unpaired) electrons. The van der Waals surface area contributed by atoms with Gasteiger partial charge >= 0.3 is 0 Å². The second-order valence-corrected chi connectivity index (χ2v) is 11.7. The van der Waals surface area contributed by atoms with Gasteiger partial charge in [-0.25, -0.2) is 0 Å². The third-order valence-corrected chi connectivity index (χ3v) is 9.12. The molecule has 11 atom stereocenters. The van der Waals surface area contributed by atoms with Gasteiger partial charge in [0.2, 0.25) is 0 Å². The van der Waals surface area contributed by atoms with Gasteiger partial charge in [0.1, 0.15) is 24.4 Å². The fourth-order valence-electron chi connectivity index (χ4n) is 7.17. The molecule has 34 heavy (non-hydrogen) atoms. The highest BCUT2D eigenvalue weighted by atomic mass is 16.7. The van der Waals surface area contributed by atoms with E-state index in [1.165, 1.54) is 0 Å². The molecule has 3 fully saturated rings. The van der Waals surface area contributed by atoms with Crippen molar-refractivity contribution >= 4 is 0 Å². The van der Waals surface area contributed by atoms with Crippen molar-refractivity contribution in [1.29, 1.82) is 0 Å². The average Bonchev–Trinajstić information content (AvgIpc) is 2.78. The number of aliphatic hydroxyl groups excluding tert-OH is 6. The lowest BCUT2D eigenvalue weighted by Crippen LogP contribution is -2.59. The first-order valence-corrected chi connectivity index (χ1v) is 12.9. The maximum atomic E-state index is 11.0. The summed E-state index contributed by atoms with van der Waals surface area (Å²) in [6.45, 7) is 10.8. The van der Waals surface area contributed by atoms with Crippen molar-refractivity contribution in [3.05, 3.63) is 12.2 Å². The van der Waals surface area contributed by atoms with Gasteiger partial charge in [0.25, 0.3) is 0 Å². The van der Waals surface area contributed by atoms with Crippen LogP contribution in [0.5, 0.6) is 0 Å². The zero-order valence-electron chi connectivity index (χ0n) is 21.0. The van der Waals surface area contributed by atoms with Gasteiger partial charge in [0, 0.05) is 6.61 Å².